The third kappa shape index (κ3) is 13.3. The van der Waals surface area contributed by atoms with Crippen LogP contribution in [0.25, 0.3) is 11.3 Å². The Kier molecular flexibility index (Phi) is 15.3. The number of rotatable bonds is 14. The zero-order valence-corrected chi connectivity index (χ0v) is 28.7. The number of oxazole rings is 1. The van der Waals surface area contributed by atoms with Gasteiger partial charge >= 0.3 is 24.3 Å². The number of benzene rings is 3. The monoisotopic (exact) mass is 713 g/mol. The molecule has 15 heteroatoms. The van der Waals surface area contributed by atoms with E-state index < -0.39 is 24.3 Å². The number of amides is 3. The van der Waals surface area contributed by atoms with E-state index in [2.05, 4.69) is 46.6 Å². The number of carbonyl (C=O) groups excluding carboxylic acids is 2. The summed E-state index contributed by atoms with van der Waals surface area (Å²) in [6.07, 6.45) is -1.25. The van der Waals surface area contributed by atoms with Crippen molar-refractivity contribution >= 4 is 29.5 Å². The quantitative estimate of drug-likeness (QED) is 0.101. The minimum absolute atomic E-state index is 0.242. The number of methoxy groups -OCH3 is 1. The molecule has 51 heavy (non-hydrogen) atoms. The Balaban J connectivity index is 0.000000908. The third-order valence-corrected chi connectivity index (χ3v) is 7.36. The minimum atomic E-state index is -5.08. The van der Waals surface area contributed by atoms with Crippen molar-refractivity contribution in [3.63, 3.8) is 0 Å². The van der Waals surface area contributed by atoms with Crippen LogP contribution in [0.15, 0.2) is 89.8 Å². The third-order valence-electron chi connectivity index (χ3n) is 7.36. The van der Waals surface area contributed by atoms with E-state index in [0.717, 1.165) is 36.2 Å². The summed E-state index contributed by atoms with van der Waals surface area (Å²) in [7, 11) is 1.55. The van der Waals surface area contributed by atoms with Crippen LogP contribution in [0.1, 0.15) is 50.8 Å². The van der Waals surface area contributed by atoms with E-state index in [0.29, 0.717) is 35.3 Å². The van der Waals surface area contributed by atoms with Crippen LogP contribution >= 0.6 is 0 Å². The molecule has 3 amide bonds. The van der Waals surface area contributed by atoms with E-state index in [1.165, 1.54) is 6.39 Å². The van der Waals surface area contributed by atoms with Crippen molar-refractivity contribution in [2.24, 2.45) is 0 Å². The van der Waals surface area contributed by atoms with Gasteiger partial charge in [0.1, 0.15) is 11.9 Å². The van der Waals surface area contributed by atoms with Crippen molar-refractivity contribution < 1.29 is 46.6 Å². The molecule has 0 aliphatic carbocycles. The molecule has 1 atom stereocenters. The molecule has 1 unspecified atom stereocenters. The second-order valence-electron chi connectivity index (χ2n) is 11.4. The summed E-state index contributed by atoms with van der Waals surface area (Å²) in [5.41, 5.74) is 3.61. The number of nitrogens with zero attached hydrogens (tertiary/aromatic N) is 2. The van der Waals surface area contributed by atoms with Gasteiger partial charge in [-0.2, -0.15) is 13.2 Å². The Morgan fingerprint density at radius 3 is 2.24 bits per heavy atom. The predicted molar refractivity (Wildman–Crippen MR) is 185 cm³/mol. The smallest absolute Gasteiger partial charge is 0.490 e. The largest absolute Gasteiger partial charge is 0.496 e. The number of nitrogens with one attached hydrogen (secondary N) is 3. The molecule has 3 aromatic carbocycles. The van der Waals surface area contributed by atoms with Gasteiger partial charge < -0.3 is 39.8 Å². The van der Waals surface area contributed by atoms with Crippen LogP contribution in [-0.4, -0.2) is 65.5 Å². The van der Waals surface area contributed by atoms with Crippen LogP contribution in [-0.2, 0) is 16.1 Å². The fourth-order valence-corrected chi connectivity index (χ4v) is 4.88. The second-order valence-corrected chi connectivity index (χ2v) is 11.4. The predicted octanol–water partition coefficient (Wildman–Crippen LogP) is 8.11. The number of alkyl carbamates (subject to hydrolysis) is 1. The van der Waals surface area contributed by atoms with Gasteiger partial charge in [0, 0.05) is 43.0 Å². The lowest BCUT2D eigenvalue weighted by molar-refractivity contribution is -0.192. The number of hydrogen-bond donors (Lipinski definition) is 4. The molecule has 0 saturated heterocycles. The zero-order chi connectivity index (χ0) is 37.4. The first-order valence-corrected chi connectivity index (χ1v) is 16.1. The molecule has 4 aromatic rings. The van der Waals surface area contributed by atoms with Crippen LogP contribution in [0.2, 0.25) is 0 Å². The number of hydrogen-bond acceptors (Lipinski definition) is 8. The lowest BCUT2D eigenvalue weighted by Gasteiger charge is -2.28. The maximum atomic E-state index is 12.9. The molecule has 274 valence electrons. The number of carboxylic acid groups (broad SMARTS) is 1. The SMILES string of the molecule is CCCN(CCC(OC(=O)NCc1cccc(NC(=O)Nc2ccc(-c3cnco3)c(OC)c2)c1)c1ccccc1)C(C)C.O=C(O)C(F)(F)F. The molecule has 4 rings (SSSR count). The molecule has 4 N–H and O–H groups in total. The first kappa shape index (κ1) is 39.9. The number of carboxylic acids is 1. The highest BCUT2D eigenvalue weighted by molar-refractivity contribution is 6.00. The average molecular weight is 714 g/mol. The van der Waals surface area contributed by atoms with Gasteiger partial charge in [-0.15, -0.1) is 0 Å². The fourth-order valence-electron chi connectivity index (χ4n) is 4.88. The van der Waals surface area contributed by atoms with E-state index in [1.807, 2.05) is 42.5 Å². The van der Waals surface area contributed by atoms with Crippen molar-refractivity contribution in [1.29, 1.82) is 0 Å². The standard InChI is InChI=1S/C34H41N5O5.C2HF3O2/c1-5-17-39(24(2)3)18-16-30(26-11-7-6-8-12-26)44-34(41)36-21-25-10-9-13-27(19-25)37-33(40)38-28-14-15-29(31(20-28)42-4)32-22-35-23-43-32;3-2(4,5)1(6)7/h6-15,19-20,22-24,30H,5,16-18,21H2,1-4H3,(H,36,41)(H2,37,38,40);(H,6,7). The summed E-state index contributed by atoms with van der Waals surface area (Å²) in [5.74, 6) is -1.66. The van der Waals surface area contributed by atoms with Gasteiger partial charge in [-0.1, -0.05) is 49.4 Å². The molecule has 0 aliphatic rings. The number of aromatic nitrogens is 1. The molecule has 0 saturated carbocycles. The summed E-state index contributed by atoms with van der Waals surface area (Å²) >= 11 is 0. The van der Waals surface area contributed by atoms with Gasteiger partial charge in [-0.05, 0) is 62.2 Å². The molecule has 0 radical (unpaired) electrons. The zero-order valence-electron chi connectivity index (χ0n) is 28.7. The van der Waals surface area contributed by atoms with E-state index in [4.69, 9.17) is 23.8 Å². The molecular weight excluding hydrogens is 671 g/mol. The molecule has 12 nitrogen and oxygen atoms in total. The first-order chi connectivity index (χ1) is 24.3. The van der Waals surface area contributed by atoms with Gasteiger partial charge in [0.15, 0.2) is 12.2 Å². The Labute approximate surface area is 294 Å². The Morgan fingerprint density at radius 1 is 0.961 bits per heavy atom. The highest BCUT2D eigenvalue weighted by Gasteiger charge is 2.38. The van der Waals surface area contributed by atoms with Crippen molar-refractivity contribution in [3.8, 4) is 17.1 Å². The van der Waals surface area contributed by atoms with Gasteiger partial charge in [0.2, 0.25) is 0 Å². The van der Waals surface area contributed by atoms with Crippen LogP contribution in [0, 0.1) is 0 Å². The summed E-state index contributed by atoms with van der Waals surface area (Å²) < 4.78 is 48.5. The number of anilines is 2. The fraction of sp³-hybridized carbons (Fsp3) is 0.333. The second kappa shape index (κ2) is 19.6. The summed E-state index contributed by atoms with van der Waals surface area (Å²) in [6, 6.07) is 22.3. The van der Waals surface area contributed by atoms with E-state index >= 15 is 0 Å². The molecule has 0 fully saturated rings. The highest BCUT2D eigenvalue weighted by Crippen LogP contribution is 2.32. The Bertz CT molecular complexity index is 1690. The van der Waals surface area contributed by atoms with E-state index in [1.54, 1.807) is 43.6 Å². The molecule has 0 spiro atoms. The van der Waals surface area contributed by atoms with Crippen molar-refractivity contribution in [2.75, 3.05) is 30.8 Å². The first-order valence-electron chi connectivity index (χ1n) is 16.1. The molecule has 1 aromatic heterocycles. The molecular formula is C36H42F3N5O7. The molecule has 1 heterocycles. The number of halogens is 3. The van der Waals surface area contributed by atoms with Gasteiger partial charge in [0.05, 0.1) is 18.9 Å². The lowest BCUT2D eigenvalue weighted by Crippen LogP contribution is -2.34. The maximum absolute atomic E-state index is 12.9. The van der Waals surface area contributed by atoms with Crippen molar-refractivity contribution in [3.05, 3.63) is 96.5 Å². The maximum Gasteiger partial charge on any atom is 0.490 e. The van der Waals surface area contributed by atoms with Crippen molar-refractivity contribution in [2.45, 2.75) is 58.5 Å². The topological polar surface area (TPSA) is 155 Å². The number of alkyl halides is 3. The van der Waals surface area contributed by atoms with E-state index in [9.17, 15) is 22.8 Å². The minimum Gasteiger partial charge on any atom is -0.496 e. The van der Waals surface area contributed by atoms with Crippen LogP contribution in [0.3, 0.4) is 0 Å². The van der Waals surface area contributed by atoms with Gasteiger partial charge in [0.25, 0.3) is 0 Å². The summed E-state index contributed by atoms with van der Waals surface area (Å²) in [5, 5.41) is 15.6. The number of aliphatic carboxylic acids is 1. The van der Waals surface area contributed by atoms with Crippen LogP contribution in [0.4, 0.5) is 34.1 Å². The Morgan fingerprint density at radius 2 is 1.65 bits per heavy atom. The summed E-state index contributed by atoms with van der Waals surface area (Å²) in [4.78, 5) is 40.8. The highest BCUT2D eigenvalue weighted by atomic mass is 19.4. The number of ether oxygens (including phenoxy) is 2. The average Bonchev–Trinajstić information content (AvgIpc) is 3.64. The van der Waals surface area contributed by atoms with Crippen LogP contribution < -0.4 is 20.7 Å². The Hall–Kier alpha value is -5.57. The summed E-state index contributed by atoms with van der Waals surface area (Å²) in [6.45, 7) is 8.60. The van der Waals surface area contributed by atoms with Gasteiger partial charge in [-0.25, -0.2) is 19.4 Å². The van der Waals surface area contributed by atoms with Crippen LogP contribution in [0.5, 0.6) is 5.75 Å². The number of urea groups is 1. The lowest BCUT2D eigenvalue weighted by atomic mass is 10.1. The normalized spacial score (nSPS) is 11.6. The van der Waals surface area contributed by atoms with E-state index in [-0.39, 0.29) is 12.6 Å². The van der Waals surface area contributed by atoms with Crippen molar-refractivity contribution in [1.82, 2.24) is 15.2 Å². The van der Waals surface area contributed by atoms with Gasteiger partial charge in [-0.3, -0.25) is 0 Å². The molecule has 0 aliphatic heterocycles. The molecule has 0 bridgehead atoms. The number of carbonyl (C=O) groups is 3.